The van der Waals surface area contributed by atoms with Gasteiger partial charge in [0, 0.05) is 13.2 Å². The number of esters is 1. The van der Waals surface area contributed by atoms with Gasteiger partial charge in [-0.05, 0) is 20.8 Å². The molecule has 0 fully saturated rings. The van der Waals surface area contributed by atoms with Crippen molar-refractivity contribution in [1.82, 2.24) is 5.32 Å². The van der Waals surface area contributed by atoms with Crippen molar-refractivity contribution in [3.63, 3.8) is 0 Å². The fraction of sp³-hybridized carbons (Fsp3) is 0.923. The molecule has 1 N–H and O–H groups in total. The number of hydrogen-bond acceptors (Lipinski definition) is 6. The summed E-state index contributed by atoms with van der Waals surface area (Å²) in [5.74, 6) is -0.332. The Morgan fingerprint density at radius 1 is 1.11 bits per heavy atom. The number of methoxy groups -OCH3 is 2. The van der Waals surface area contributed by atoms with E-state index in [1.807, 2.05) is 13.8 Å². The van der Waals surface area contributed by atoms with Gasteiger partial charge >= 0.3 is 5.97 Å². The Kier molecular flexibility index (Phi) is 9.77. The molecule has 0 saturated carbocycles. The van der Waals surface area contributed by atoms with Gasteiger partial charge in [0.2, 0.25) is 0 Å². The lowest BCUT2D eigenvalue weighted by Crippen LogP contribution is -2.56. The third-order valence-corrected chi connectivity index (χ3v) is 2.44. The molecule has 0 radical (unpaired) electrons. The van der Waals surface area contributed by atoms with E-state index in [4.69, 9.17) is 18.9 Å². The Balaban J connectivity index is 3.97. The molecule has 0 bridgehead atoms. The highest BCUT2D eigenvalue weighted by atomic mass is 16.5. The fourth-order valence-corrected chi connectivity index (χ4v) is 1.66. The van der Waals surface area contributed by atoms with Crippen LogP contribution in [0, 0.1) is 0 Å². The lowest BCUT2D eigenvalue weighted by Gasteiger charge is -2.29. The molecule has 0 aromatic heterocycles. The summed E-state index contributed by atoms with van der Waals surface area (Å²) in [5.41, 5.74) is -0.838. The van der Waals surface area contributed by atoms with E-state index >= 15 is 0 Å². The molecule has 6 heteroatoms. The van der Waals surface area contributed by atoms with Crippen LogP contribution in [0.1, 0.15) is 20.8 Å². The van der Waals surface area contributed by atoms with Crippen molar-refractivity contribution in [1.29, 1.82) is 0 Å². The van der Waals surface area contributed by atoms with Crippen molar-refractivity contribution >= 4 is 5.97 Å². The third-order valence-electron chi connectivity index (χ3n) is 2.44. The van der Waals surface area contributed by atoms with Gasteiger partial charge in [0.15, 0.2) is 0 Å². The minimum atomic E-state index is -0.838. The normalized spacial score (nSPS) is 14.4. The zero-order valence-electron chi connectivity index (χ0n) is 12.7. The van der Waals surface area contributed by atoms with Gasteiger partial charge in [-0.1, -0.05) is 0 Å². The first-order valence-corrected chi connectivity index (χ1v) is 6.47. The standard InChI is InChI=1S/C13H27NO5/c1-11(2)14-13(3,12(15)17-5)10-19-9-8-18-7-6-16-4/h11,14H,6-10H2,1-5H3. The van der Waals surface area contributed by atoms with Crippen molar-refractivity contribution in [2.45, 2.75) is 32.4 Å². The number of carbonyl (C=O) groups excluding carboxylic acids is 1. The molecule has 0 spiro atoms. The van der Waals surface area contributed by atoms with Crippen LogP contribution in [0.25, 0.3) is 0 Å². The lowest BCUT2D eigenvalue weighted by molar-refractivity contribution is -0.151. The summed E-state index contributed by atoms with van der Waals surface area (Å²) < 4.78 is 20.4. The van der Waals surface area contributed by atoms with E-state index in [-0.39, 0.29) is 18.6 Å². The minimum absolute atomic E-state index is 0.158. The van der Waals surface area contributed by atoms with Crippen molar-refractivity contribution in [2.24, 2.45) is 0 Å². The molecule has 0 amide bonds. The van der Waals surface area contributed by atoms with Gasteiger partial charge in [-0.25, -0.2) is 4.79 Å². The van der Waals surface area contributed by atoms with E-state index in [1.54, 1.807) is 14.0 Å². The summed E-state index contributed by atoms with van der Waals surface area (Å²) >= 11 is 0. The first kappa shape index (κ1) is 18.3. The van der Waals surface area contributed by atoms with Gasteiger partial charge in [0.1, 0.15) is 5.54 Å². The first-order valence-electron chi connectivity index (χ1n) is 6.47. The highest BCUT2D eigenvalue weighted by Crippen LogP contribution is 2.08. The maximum absolute atomic E-state index is 11.8. The fourth-order valence-electron chi connectivity index (χ4n) is 1.66. The van der Waals surface area contributed by atoms with Crippen LogP contribution in [0.15, 0.2) is 0 Å². The summed E-state index contributed by atoms with van der Waals surface area (Å²) in [6, 6.07) is 0.158. The quantitative estimate of drug-likeness (QED) is 0.440. The second kappa shape index (κ2) is 10.1. The molecule has 6 nitrogen and oxygen atoms in total. The summed E-state index contributed by atoms with van der Waals surface area (Å²) in [6.45, 7) is 7.95. The Morgan fingerprint density at radius 2 is 1.68 bits per heavy atom. The van der Waals surface area contributed by atoms with Gasteiger partial charge in [-0.3, -0.25) is 5.32 Å². The molecule has 0 heterocycles. The van der Waals surface area contributed by atoms with Crippen molar-refractivity contribution in [3.8, 4) is 0 Å². The largest absolute Gasteiger partial charge is 0.468 e. The first-order chi connectivity index (χ1) is 8.96. The second-order valence-corrected chi connectivity index (χ2v) is 4.78. The molecule has 114 valence electrons. The Hall–Kier alpha value is -0.690. The summed E-state index contributed by atoms with van der Waals surface area (Å²) in [4.78, 5) is 11.8. The van der Waals surface area contributed by atoms with Crippen LogP contribution in [0.5, 0.6) is 0 Å². The lowest BCUT2D eigenvalue weighted by atomic mass is 10.0. The van der Waals surface area contributed by atoms with Gasteiger partial charge < -0.3 is 18.9 Å². The molecule has 1 unspecified atom stereocenters. The number of rotatable bonds is 11. The molecule has 1 atom stereocenters. The third kappa shape index (κ3) is 8.15. The van der Waals surface area contributed by atoms with Gasteiger partial charge in [0.05, 0.1) is 40.1 Å². The predicted octanol–water partition coefficient (Wildman–Crippen LogP) is 0.596. The van der Waals surface area contributed by atoms with Gasteiger partial charge in [-0.15, -0.1) is 0 Å². The maximum Gasteiger partial charge on any atom is 0.328 e. The molecular formula is C13H27NO5. The zero-order valence-corrected chi connectivity index (χ0v) is 12.7. The molecular weight excluding hydrogens is 250 g/mol. The summed E-state index contributed by atoms with van der Waals surface area (Å²) in [6.07, 6.45) is 0. The van der Waals surface area contributed by atoms with Crippen LogP contribution in [0.3, 0.4) is 0 Å². The van der Waals surface area contributed by atoms with E-state index in [1.165, 1.54) is 7.11 Å². The highest BCUT2D eigenvalue weighted by Gasteiger charge is 2.35. The molecule has 0 aromatic carbocycles. The minimum Gasteiger partial charge on any atom is -0.468 e. The predicted molar refractivity (Wildman–Crippen MR) is 72.2 cm³/mol. The van der Waals surface area contributed by atoms with Crippen molar-refractivity contribution in [2.75, 3.05) is 47.3 Å². The second-order valence-electron chi connectivity index (χ2n) is 4.78. The smallest absolute Gasteiger partial charge is 0.328 e. The van der Waals surface area contributed by atoms with E-state index in [9.17, 15) is 4.79 Å². The topological polar surface area (TPSA) is 66.0 Å². The molecule has 0 aliphatic rings. The average Bonchev–Trinajstić information content (AvgIpc) is 2.35. The zero-order chi connectivity index (χ0) is 14.7. The van der Waals surface area contributed by atoms with Crippen LogP contribution in [0.2, 0.25) is 0 Å². The van der Waals surface area contributed by atoms with Crippen LogP contribution in [-0.4, -0.2) is 64.8 Å². The maximum atomic E-state index is 11.8. The molecule has 0 saturated heterocycles. The van der Waals surface area contributed by atoms with Crippen LogP contribution in [0.4, 0.5) is 0 Å². The monoisotopic (exact) mass is 277 g/mol. The van der Waals surface area contributed by atoms with Crippen molar-refractivity contribution < 1.29 is 23.7 Å². The van der Waals surface area contributed by atoms with E-state index in [0.29, 0.717) is 26.4 Å². The van der Waals surface area contributed by atoms with Crippen LogP contribution >= 0.6 is 0 Å². The van der Waals surface area contributed by atoms with Crippen molar-refractivity contribution in [3.05, 3.63) is 0 Å². The Morgan fingerprint density at radius 3 is 2.21 bits per heavy atom. The van der Waals surface area contributed by atoms with E-state index in [0.717, 1.165) is 0 Å². The number of hydrogen-bond donors (Lipinski definition) is 1. The molecule has 0 aliphatic heterocycles. The highest BCUT2D eigenvalue weighted by molar-refractivity contribution is 5.80. The van der Waals surface area contributed by atoms with Crippen LogP contribution in [-0.2, 0) is 23.7 Å². The molecule has 0 rings (SSSR count). The Bertz CT molecular complexity index is 247. The Labute approximate surface area is 115 Å². The molecule has 0 aliphatic carbocycles. The van der Waals surface area contributed by atoms with E-state index in [2.05, 4.69) is 5.32 Å². The van der Waals surface area contributed by atoms with Gasteiger partial charge in [-0.2, -0.15) is 0 Å². The molecule has 0 aromatic rings. The SMILES string of the molecule is COCCOCCOCC(C)(NC(C)C)C(=O)OC. The summed E-state index contributed by atoms with van der Waals surface area (Å²) in [7, 11) is 3.00. The van der Waals surface area contributed by atoms with Crippen LogP contribution < -0.4 is 5.32 Å². The summed E-state index contributed by atoms with van der Waals surface area (Å²) in [5, 5.41) is 3.16. The van der Waals surface area contributed by atoms with Gasteiger partial charge in [0.25, 0.3) is 0 Å². The number of carbonyl (C=O) groups is 1. The number of nitrogens with one attached hydrogen (secondary N) is 1. The van der Waals surface area contributed by atoms with E-state index < -0.39 is 5.54 Å². The number of ether oxygens (including phenoxy) is 4. The molecule has 19 heavy (non-hydrogen) atoms. The average molecular weight is 277 g/mol.